The Kier molecular flexibility index (Phi) is 2.57. The molecule has 3 rings (SSSR count). The van der Waals surface area contributed by atoms with E-state index in [0.29, 0.717) is 10.8 Å². The maximum atomic E-state index is 5.87. The summed E-state index contributed by atoms with van der Waals surface area (Å²) in [4.78, 5) is 12.3. The number of nitrogens with zero attached hydrogens (tertiary/aromatic N) is 3. The Morgan fingerprint density at radius 2 is 1.94 bits per heavy atom. The van der Waals surface area contributed by atoms with Gasteiger partial charge in [0.1, 0.15) is 5.15 Å². The Labute approximate surface area is 108 Å². The quantitative estimate of drug-likeness (QED) is 0.680. The predicted molar refractivity (Wildman–Crippen MR) is 72.2 cm³/mol. The fourth-order valence-corrected chi connectivity index (χ4v) is 2.01. The Morgan fingerprint density at radius 3 is 2.78 bits per heavy atom. The molecule has 0 saturated carbocycles. The molecule has 2 N–H and O–H groups in total. The standard InChI is InChI=1S/C13H9ClN4/c14-12-7-11(17-13(15)18-12)9-3-4-10-8(6-9)2-1-5-16-10/h1-7H,(H2,15,17,18). The maximum absolute atomic E-state index is 5.87. The van der Waals surface area contributed by atoms with Crippen molar-refractivity contribution < 1.29 is 0 Å². The van der Waals surface area contributed by atoms with Crippen molar-refractivity contribution >= 4 is 28.5 Å². The van der Waals surface area contributed by atoms with Crippen molar-refractivity contribution in [3.63, 3.8) is 0 Å². The van der Waals surface area contributed by atoms with Crippen LogP contribution in [-0.2, 0) is 0 Å². The van der Waals surface area contributed by atoms with Crippen LogP contribution < -0.4 is 5.73 Å². The van der Waals surface area contributed by atoms with E-state index in [2.05, 4.69) is 15.0 Å². The molecule has 0 radical (unpaired) electrons. The fourth-order valence-electron chi connectivity index (χ4n) is 1.82. The number of nitrogens with two attached hydrogens (primary N) is 1. The van der Waals surface area contributed by atoms with E-state index in [1.165, 1.54) is 0 Å². The third-order valence-electron chi connectivity index (χ3n) is 2.61. The van der Waals surface area contributed by atoms with Crippen molar-refractivity contribution in [3.8, 4) is 11.3 Å². The third kappa shape index (κ3) is 1.98. The number of aromatic nitrogens is 3. The van der Waals surface area contributed by atoms with Crippen LogP contribution in [-0.4, -0.2) is 15.0 Å². The number of rotatable bonds is 1. The van der Waals surface area contributed by atoms with Crippen LogP contribution in [0.3, 0.4) is 0 Å². The number of hydrogen-bond donors (Lipinski definition) is 1. The van der Waals surface area contributed by atoms with Gasteiger partial charge in [0.15, 0.2) is 0 Å². The second-order valence-electron chi connectivity index (χ2n) is 3.84. The van der Waals surface area contributed by atoms with Gasteiger partial charge in [-0.1, -0.05) is 23.7 Å². The van der Waals surface area contributed by atoms with Gasteiger partial charge in [0, 0.05) is 23.2 Å². The van der Waals surface area contributed by atoms with Crippen molar-refractivity contribution in [1.29, 1.82) is 0 Å². The zero-order valence-electron chi connectivity index (χ0n) is 9.34. The number of anilines is 1. The summed E-state index contributed by atoms with van der Waals surface area (Å²) in [5.74, 6) is 0.170. The zero-order chi connectivity index (χ0) is 12.5. The molecule has 0 aliphatic rings. The van der Waals surface area contributed by atoms with Gasteiger partial charge < -0.3 is 5.73 Å². The minimum atomic E-state index is 0.170. The van der Waals surface area contributed by atoms with Gasteiger partial charge in [0.2, 0.25) is 5.95 Å². The van der Waals surface area contributed by atoms with Crippen LogP contribution in [0.2, 0.25) is 5.15 Å². The number of fused-ring (bicyclic) bond motifs is 1. The molecule has 0 amide bonds. The van der Waals surface area contributed by atoms with Gasteiger partial charge in [0.25, 0.3) is 0 Å². The molecule has 2 heterocycles. The minimum Gasteiger partial charge on any atom is -0.368 e. The van der Waals surface area contributed by atoms with Gasteiger partial charge in [-0.3, -0.25) is 4.98 Å². The van der Waals surface area contributed by atoms with Gasteiger partial charge >= 0.3 is 0 Å². The van der Waals surface area contributed by atoms with Crippen LogP contribution in [0.1, 0.15) is 0 Å². The minimum absolute atomic E-state index is 0.170. The van der Waals surface area contributed by atoms with E-state index < -0.39 is 0 Å². The molecule has 5 heteroatoms. The molecule has 88 valence electrons. The molecule has 0 aliphatic carbocycles. The molecule has 4 nitrogen and oxygen atoms in total. The number of pyridine rings is 1. The first kappa shape index (κ1) is 10.9. The average molecular weight is 257 g/mol. The molecule has 0 fully saturated rings. The number of hydrogen-bond acceptors (Lipinski definition) is 4. The number of nitrogen functional groups attached to an aromatic ring is 1. The SMILES string of the molecule is Nc1nc(Cl)cc(-c2ccc3ncccc3c2)n1. The molecule has 1 aromatic carbocycles. The molecule has 2 aromatic heterocycles. The Morgan fingerprint density at radius 1 is 1.06 bits per heavy atom. The highest BCUT2D eigenvalue weighted by Gasteiger charge is 2.04. The summed E-state index contributed by atoms with van der Waals surface area (Å²) in [6.07, 6.45) is 1.77. The highest BCUT2D eigenvalue weighted by atomic mass is 35.5. The largest absolute Gasteiger partial charge is 0.368 e. The molecule has 0 aliphatic heterocycles. The first-order valence-corrected chi connectivity index (χ1v) is 5.75. The lowest BCUT2D eigenvalue weighted by Gasteiger charge is -2.04. The van der Waals surface area contributed by atoms with Crippen LogP contribution >= 0.6 is 11.6 Å². The Hall–Kier alpha value is -2.20. The summed E-state index contributed by atoms with van der Waals surface area (Å²) in [7, 11) is 0. The van der Waals surface area contributed by atoms with Gasteiger partial charge in [-0.05, 0) is 18.2 Å². The molecule has 0 unspecified atom stereocenters. The lowest BCUT2D eigenvalue weighted by Crippen LogP contribution is -1.96. The van der Waals surface area contributed by atoms with Crippen molar-refractivity contribution in [2.45, 2.75) is 0 Å². The summed E-state index contributed by atoms with van der Waals surface area (Å²) in [5.41, 5.74) is 8.17. The number of halogens is 1. The summed E-state index contributed by atoms with van der Waals surface area (Å²) in [6.45, 7) is 0. The Bertz CT molecular complexity index is 707. The molecule has 0 saturated heterocycles. The van der Waals surface area contributed by atoms with E-state index in [4.69, 9.17) is 17.3 Å². The van der Waals surface area contributed by atoms with Gasteiger partial charge in [0.05, 0.1) is 11.2 Å². The maximum Gasteiger partial charge on any atom is 0.221 e. The van der Waals surface area contributed by atoms with Crippen molar-refractivity contribution in [2.24, 2.45) is 0 Å². The lowest BCUT2D eigenvalue weighted by atomic mass is 10.1. The topological polar surface area (TPSA) is 64.7 Å². The predicted octanol–water partition coefficient (Wildman–Crippen LogP) is 2.93. The third-order valence-corrected chi connectivity index (χ3v) is 2.80. The van der Waals surface area contributed by atoms with E-state index >= 15 is 0 Å². The second-order valence-corrected chi connectivity index (χ2v) is 4.23. The van der Waals surface area contributed by atoms with Crippen molar-refractivity contribution in [2.75, 3.05) is 5.73 Å². The first-order valence-electron chi connectivity index (χ1n) is 5.37. The summed E-state index contributed by atoms with van der Waals surface area (Å²) >= 11 is 5.87. The zero-order valence-corrected chi connectivity index (χ0v) is 10.1. The lowest BCUT2D eigenvalue weighted by molar-refractivity contribution is 1.19. The molecule has 18 heavy (non-hydrogen) atoms. The van der Waals surface area contributed by atoms with E-state index in [1.54, 1.807) is 12.3 Å². The van der Waals surface area contributed by atoms with E-state index in [0.717, 1.165) is 16.5 Å². The van der Waals surface area contributed by atoms with Gasteiger partial charge in [-0.2, -0.15) is 0 Å². The second kappa shape index (κ2) is 4.23. The number of benzene rings is 1. The fraction of sp³-hybridized carbons (Fsp3) is 0. The summed E-state index contributed by atoms with van der Waals surface area (Å²) in [6, 6.07) is 11.5. The molecule has 3 aromatic rings. The van der Waals surface area contributed by atoms with Crippen molar-refractivity contribution in [1.82, 2.24) is 15.0 Å². The van der Waals surface area contributed by atoms with Crippen LogP contribution in [0.4, 0.5) is 5.95 Å². The highest BCUT2D eigenvalue weighted by molar-refractivity contribution is 6.29. The summed E-state index contributed by atoms with van der Waals surface area (Å²) < 4.78 is 0. The van der Waals surface area contributed by atoms with Gasteiger partial charge in [-0.15, -0.1) is 0 Å². The van der Waals surface area contributed by atoms with Crippen LogP contribution in [0.5, 0.6) is 0 Å². The average Bonchev–Trinajstić information content (AvgIpc) is 2.37. The summed E-state index contributed by atoms with van der Waals surface area (Å²) in [5, 5.41) is 1.38. The molecular weight excluding hydrogens is 248 g/mol. The van der Waals surface area contributed by atoms with E-state index in [1.807, 2.05) is 30.3 Å². The molecular formula is C13H9ClN4. The van der Waals surface area contributed by atoms with Crippen LogP contribution in [0.15, 0.2) is 42.6 Å². The Balaban J connectivity index is 2.19. The molecule has 0 atom stereocenters. The normalized spacial score (nSPS) is 10.7. The molecule has 0 bridgehead atoms. The smallest absolute Gasteiger partial charge is 0.221 e. The highest BCUT2D eigenvalue weighted by Crippen LogP contribution is 2.24. The van der Waals surface area contributed by atoms with Crippen LogP contribution in [0, 0.1) is 0 Å². The van der Waals surface area contributed by atoms with E-state index in [9.17, 15) is 0 Å². The van der Waals surface area contributed by atoms with Gasteiger partial charge in [-0.25, -0.2) is 9.97 Å². The molecule has 0 spiro atoms. The van der Waals surface area contributed by atoms with E-state index in [-0.39, 0.29) is 5.95 Å². The van der Waals surface area contributed by atoms with Crippen molar-refractivity contribution in [3.05, 3.63) is 47.7 Å². The monoisotopic (exact) mass is 256 g/mol. The first-order chi connectivity index (χ1) is 8.72. The van der Waals surface area contributed by atoms with Crippen LogP contribution in [0.25, 0.3) is 22.2 Å².